The van der Waals surface area contributed by atoms with Gasteiger partial charge in [-0.15, -0.1) is 13.2 Å². The zero-order chi connectivity index (χ0) is 27.9. The van der Waals surface area contributed by atoms with Crippen LogP contribution in [0.2, 0.25) is 0 Å². The molecular weight excluding hydrogens is 504 g/mol. The monoisotopic (exact) mass is 534 g/mol. The average molecular weight is 535 g/mol. The normalized spacial score (nSPS) is 13.9. The first-order valence-corrected chi connectivity index (χ1v) is 13.1. The molecule has 1 aliphatic heterocycles. The molecule has 0 aliphatic carbocycles. The van der Waals surface area contributed by atoms with Gasteiger partial charge in [0.2, 0.25) is 0 Å². The highest BCUT2D eigenvalue weighted by molar-refractivity contribution is 5.98. The van der Waals surface area contributed by atoms with Crippen molar-refractivity contribution in [2.24, 2.45) is 0 Å². The minimum absolute atomic E-state index is 0.0621. The van der Waals surface area contributed by atoms with E-state index < -0.39 is 0 Å². The van der Waals surface area contributed by atoms with Crippen molar-refractivity contribution in [2.45, 2.75) is 26.1 Å². The molecule has 0 atom stereocenters. The number of para-hydroxylation sites is 4. The number of nitrogens with zero attached hydrogens (tertiary/aromatic N) is 2. The minimum Gasteiger partial charge on any atom is -0.486 e. The predicted molar refractivity (Wildman–Crippen MR) is 154 cm³/mol. The second-order valence-electron chi connectivity index (χ2n) is 9.27. The van der Waals surface area contributed by atoms with E-state index in [1.807, 2.05) is 48.5 Å². The molecule has 0 saturated carbocycles. The Morgan fingerprint density at radius 3 is 1.55 bits per heavy atom. The summed E-state index contributed by atoms with van der Waals surface area (Å²) in [5.41, 5.74) is 4.99. The summed E-state index contributed by atoms with van der Waals surface area (Å²) in [6, 6.07) is 18.4. The summed E-state index contributed by atoms with van der Waals surface area (Å²) in [5.74, 6) is 0.307. The van der Waals surface area contributed by atoms with Gasteiger partial charge in [-0.25, -0.2) is 9.97 Å². The number of fused-ring (bicyclic) bond motifs is 4. The number of hydrogen-bond donors (Lipinski definition) is 2. The van der Waals surface area contributed by atoms with Crippen LogP contribution >= 0.6 is 0 Å². The third-order valence-corrected chi connectivity index (χ3v) is 6.54. The zero-order valence-corrected chi connectivity index (χ0v) is 22.1. The Morgan fingerprint density at radius 1 is 0.675 bits per heavy atom. The van der Waals surface area contributed by atoms with Crippen LogP contribution in [0.5, 0.6) is 11.5 Å². The van der Waals surface area contributed by atoms with E-state index in [1.165, 1.54) is 0 Å². The Labute approximate surface area is 232 Å². The van der Waals surface area contributed by atoms with Gasteiger partial charge in [-0.2, -0.15) is 0 Å². The quantitative estimate of drug-likeness (QED) is 0.368. The molecule has 4 aromatic rings. The lowest BCUT2D eigenvalue weighted by atomic mass is 10.0. The van der Waals surface area contributed by atoms with Gasteiger partial charge in [-0.1, -0.05) is 48.6 Å². The summed E-state index contributed by atoms with van der Waals surface area (Å²) in [5, 5.41) is 5.76. The van der Waals surface area contributed by atoms with Gasteiger partial charge in [0.15, 0.2) is 0 Å². The standard InChI is InChI=1S/C32H30N4O4/c1-3-9-21-11-7-13-23-29(21)39-19-27-28(36-26-16-6-5-15-25(26)35-27)20-40-30-22(10-4-2)12-8-14-24(30)32(38)34-18-17-33-31(23)37/h3-8,11-16H,1-2,9-10,17-20H2,(H,33,37)(H,34,38). The number of benzene rings is 3. The van der Waals surface area contributed by atoms with Gasteiger partial charge in [-0.3, -0.25) is 9.59 Å². The third kappa shape index (κ3) is 5.71. The Kier molecular flexibility index (Phi) is 8.15. The summed E-state index contributed by atoms with van der Waals surface area (Å²) in [7, 11) is 0. The van der Waals surface area contributed by atoms with E-state index in [1.54, 1.807) is 24.3 Å². The first kappa shape index (κ1) is 26.6. The van der Waals surface area contributed by atoms with Crippen molar-refractivity contribution in [3.8, 4) is 11.5 Å². The fourth-order valence-electron chi connectivity index (χ4n) is 4.63. The van der Waals surface area contributed by atoms with Crippen LogP contribution in [0.4, 0.5) is 0 Å². The van der Waals surface area contributed by atoms with Crippen LogP contribution in [0.1, 0.15) is 43.2 Å². The van der Waals surface area contributed by atoms with Crippen molar-refractivity contribution in [3.05, 3.63) is 120 Å². The van der Waals surface area contributed by atoms with E-state index in [0.29, 0.717) is 57.9 Å². The highest BCUT2D eigenvalue weighted by atomic mass is 16.5. The molecule has 40 heavy (non-hydrogen) atoms. The van der Waals surface area contributed by atoms with Gasteiger partial charge < -0.3 is 20.1 Å². The van der Waals surface area contributed by atoms with Crippen molar-refractivity contribution in [3.63, 3.8) is 0 Å². The van der Waals surface area contributed by atoms with Crippen LogP contribution in [0.3, 0.4) is 0 Å². The lowest BCUT2D eigenvalue weighted by Gasteiger charge is -2.19. The number of carbonyl (C=O) groups excluding carboxylic acids is 2. The third-order valence-electron chi connectivity index (χ3n) is 6.54. The number of amides is 2. The molecule has 0 radical (unpaired) electrons. The molecule has 0 unspecified atom stereocenters. The molecule has 0 bridgehead atoms. The highest BCUT2D eigenvalue weighted by Gasteiger charge is 2.21. The number of aromatic nitrogens is 2. The topological polar surface area (TPSA) is 102 Å². The van der Waals surface area contributed by atoms with Gasteiger partial charge in [0.1, 0.15) is 36.1 Å². The molecule has 0 fully saturated rings. The molecule has 8 heteroatoms. The van der Waals surface area contributed by atoms with Crippen molar-refractivity contribution in [2.75, 3.05) is 13.1 Å². The maximum atomic E-state index is 13.2. The summed E-state index contributed by atoms with van der Waals surface area (Å²) in [6.07, 6.45) is 4.57. The van der Waals surface area contributed by atoms with Crippen LogP contribution in [-0.2, 0) is 26.1 Å². The number of hydrogen-bond acceptors (Lipinski definition) is 6. The Balaban J connectivity index is 1.61. The maximum absolute atomic E-state index is 13.2. The SMILES string of the molecule is C=CCc1cccc2c1OCc1nc3ccccc3nc1COc1c(CC=C)cccc1C(=O)NCCNC2=O. The molecular formula is C32H30N4O4. The number of rotatable bonds is 4. The Morgan fingerprint density at radius 2 is 1.12 bits per heavy atom. The van der Waals surface area contributed by atoms with E-state index in [4.69, 9.17) is 19.4 Å². The molecule has 202 valence electrons. The summed E-state index contributed by atoms with van der Waals surface area (Å²) < 4.78 is 12.6. The van der Waals surface area contributed by atoms with Crippen molar-refractivity contribution >= 4 is 22.8 Å². The van der Waals surface area contributed by atoms with Gasteiger partial charge in [0, 0.05) is 13.1 Å². The van der Waals surface area contributed by atoms with Gasteiger partial charge >= 0.3 is 0 Å². The molecule has 1 aromatic heterocycles. The molecule has 5 rings (SSSR count). The van der Waals surface area contributed by atoms with Crippen molar-refractivity contribution < 1.29 is 19.1 Å². The molecule has 2 N–H and O–H groups in total. The van der Waals surface area contributed by atoms with Crippen LogP contribution in [0.15, 0.2) is 86.0 Å². The second kappa shape index (κ2) is 12.3. The molecule has 1 aliphatic rings. The number of ether oxygens (including phenoxy) is 2. The predicted octanol–water partition coefficient (Wildman–Crippen LogP) is 4.72. The molecule has 2 amide bonds. The number of carbonyl (C=O) groups is 2. The molecule has 0 saturated heterocycles. The van der Waals surface area contributed by atoms with Crippen molar-refractivity contribution in [1.82, 2.24) is 20.6 Å². The fourth-order valence-corrected chi connectivity index (χ4v) is 4.63. The number of nitrogens with one attached hydrogen (secondary N) is 2. The summed E-state index contributed by atoms with van der Waals surface area (Å²) in [4.78, 5) is 36.0. The maximum Gasteiger partial charge on any atom is 0.255 e. The van der Waals surface area contributed by atoms with E-state index in [9.17, 15) is 9.59 Å². The molecule has 3 aromatic carbocycles. The Bertz CT molecular complexity index is 1480. The van der Waals surface area contributed by atoms with E-state index in [0.717, 1.165) is 11.1 Å². The van der Waals surface area contributed by atoms with E-state index >= 15 is 0 Å². The van der Waals surface area contributed by atoms with Gasteiger partial charge in [0.05, 0.1) is 22.2 Å². The van der Waals surface area contributed by atoms with Gasteiger partial charge in [-0.05, 0) is 48.2 Å². The Hall–Kier alpha value is -4.98. The fraction of sp³-hybridized carbons (Fsp3) is 0.188. The largest absolute Gasteiger partial charge is 0.486 e. The van der Waals surface area contributed by atoms with Gasteiger partial charge in [0.25, 0.3) is 11.8 Å². The number of allylic oxidation sites excluding steroid dienone is 2. The summed E-state index contributed by atoms with van der Waals surface area (Å²) in [6.45, 7) is 8.28. The molecule has 8 nitrogen and oxygen atoms in total. The first-order chi connectivity index (χ1) is 19.6. The van der Waals surface area contributed by atoms with Crippen molar-refractivity contribution in [1.29, 1.82) is 0 Å². The van der Waals surface area contributed by atoms with Crippen LogP contribution in [0.25, 0.3) is 11.0 Å². The molecule has 2 heterocycles. The minimum atomic E-state index is -0.302. The second-order valence-corrected chi connectivity index (χ2v) is 9.27. The van der Waals surface area contributed by atoms with E-state index in [2.05, 4.69) is 23.8 Å². The average Bonchev–Trinajstić information content (AvgIpc) is 2.97. The van der Waals surface area contributed by atoms with Crippen LogP contribution < -0.4 is 20.1 Å². The lowest BCUT2D eigenvalue weighted by Crippen LogP contribution is -2.35. The van der Waals surface area contributed by atoms with Crippen LogP contribution in [0, 0.1) is 0 Å². The summed E-state index contributed by atoms with van der Waals surface area (Å²) >= 11 is 0. The smallest absolute Gasteiger partial charge is 0.255 e. The van der Waals surface area contributed by atoms with Crippen LogP contribution in [-0.4, -0.2) is 34.9 Å². The zero-order valence-electron chi connectivity index (χ0n) is 22.1. The molecule has 0 spiro atoms. The lowest BCUT2D eigenvalue weighted by molar-refractivity contribution is 0.0922. The highest BCUT2D eigenvalue weighted by Crippen LogP contribution is 2.29. The first-order valence-electron chi connectivity index (χ1n) is 13.1. The van der Waals surface area contributed by atoms with E-state index in [-0.39, 0.29) is 38.1 Å².